The predicted molar refractivity (Wildman–Crippen MR) is 116 cm³/mol. The maximum absolute atomic E-state index is 13.1. The van der Waals surface area contributed by atoms with Crippen LogP contribution in [0.25, 0.3) is 0 Å². The normalized spacial score (nSPS) is 11.3. The van der Waals surface area contributed by atoms with Gasteiger partial charge in [0.25, 0.3) is 5.69 Å². The molecule has 0 saturated heterocycles. The fraction of sp³-hybridized carbons (Fsp3) is 0.238. The van der Waals surface area contributed by atoms with Crippen LogP contribution < -0.4 is 10.1 Å². The first kappa shape index (κ1) is 25.1. The molecule has 0 aliphatic carbocycles. The number of nitrogens with zero attached hydrogens (tertiary/aromatic N) is 4. The SMILES string of the molecule is Cc1ccc(C)c(Oc2cc(NC(=O)Cn3nc(C(F)(F)F)c([N+](=O)[O-])c3C)cc([N+](=O)[O-])c2)c1. The Kier molecular flexibility index (Phi) is 6.75. The largest absolute Gasteiger partial charge is 0.457 e. The van der Waals surface area contributed by atoms with Crippen molar-refractivity contribution in [3.63, 3.8) is 0 Å². The fourth-order valence-corrected chi connectivity index (χ4v) is 3.20. The lowest BCUT2D eigenvalue weighted by Gasteiger charge is -2.12. The quantitative estimate of drug-likeness (QED) is 0.357. The van der Waals surface area contributed by atoms with Crippen LogP contribution in [0.2, 0.25) is 0 Å². The van der Waals surface area contributed by atoms with Crippen molar-refractivity contribution in [1.82, 2.24) is 9.78 Å². The molecule has 0 spiro atoms. The number of non-ortho nitro benzene ring substituents is 1. The maximum Gasteiger partial charge on any atom is 0.442 e. The molecule has 1 N–H and O–H groups in total. The van der Waals surface area contributed by atoms with Crippen molar-refractivity contribution in [1.29, 1.82) is 0 Å². The number of aromatic nitrogens is 2. The molecule has 3 rings (SSSR count). The van der Waals surface area contributed by atoms with E-state index < -0.39 is 51.2 Å². The minimum atomic E-state index is -5.10. The van der Waals surface area contributed by atoms with E-state index in [9.17, 15) is 38.2 Å². The standard InChI is InChI=1S/C21H18F3N5O6/c1-11-4-5-12(2)17(6-11)35-16-8-14(7-15(9-16)28(31)32)25-18(30)10-27-13(3)19(29(33)34)20(26-27)21(22,23)24/h4-9H,10H2,1-3H3,(H,25,30). The number of benzene rings is 2. The van der Waals surface area contributed by atoms with Crippen molar-refractivity contribution >= 4 is 23.0 Å². The molecule has 0 saturated carbocycles. The van der Waals surface area contributed by atoms with Gasteiger partial charge in [-0.1, -0.05) is 12.1 Å². The number of nitrogens with one attached hydrogen (secondary N) is 1. The lowest BCUT2D eigenvalue weighted by Crippen LogP contribution is -2.21. The maximum atomic E-state index is 13.1. The number of halogens is 3. The average molecular weight is 493 g/mol. The zero-order chi connectivity index (χ0) is 26.1. The van der Waals surface area contributed by atoms with E-state index in [2.05, 4.69) is 10.4 Å². The van der Waals surface area contributed by atoms with Gasteiger partial charge >= 0.3 is 11.9 Å². The summed E-state index contributed by atoms with van der Waals surface area (Å²) < 4.78 is 45.7. The molecule has 0 aliphatic heterocycles. The minimum absolute atomic E-state index is 0.0356. The molecule has 3 aromatic rings. The summed E-state index contributed by atoms with van der Waals surface area (Å²) in [4.78, 5) is 33.0. The Labute approximate surface area is 195 Å². The lowest BCUT2D eigenvalue weighted by molar-refractivity contribution is -0.388. The molecule has 0 fully saturated rings. The third kappa shape index (κ3) is 5.72. The van der Waals surface area contributed by atoms with Gasteiger partial charge < -0.3 is 10.1 Å². The van der Waals surface area contributed by atoms with E-state index in [1.807, 2.05) is 13.0 Å². The number of hydrogen-bond acceptors (Lipinski definition) is 7. The van der Waals surface area contributed by atoms with Crippen LogP contribution in [-0.4, -0.2) is 25.5 Å². The van der Waals surface area contributed by atoms with E-state index in [4.69, 9.17) is 4.74 Å². The van der Waals surface area contributed by atoms with Gasteiger partial charge in [-0.15, -0.1) is 0 Å². The first-order valence-electron chi connectivity index (χ1n) is 9.89. The predicted octanol–water partition coefficient (Wildman–Crippen LogP) is 5.07. The van der Waals surface area contributed by atoms with Gasteiger partial charge in [0.1, 0.15) is 23.7 Å². The van der Waals surface area contributed by atoms with Gasteiger partial charge in [0.15, 0.2) is 0 Å². The van der Waals surface area contributed by atoms with Crippen molar-refractivity contribution < 1.29 is 32.5 Å². The van der Waals surface area contributed by atoms with Crippen molar-refractivity contribution in [3.8, 4) is 11.5 Å². The second-order valence-corrected chi connectivity index (χ2v) is 7.59. The van der Waals surface area contributed by atoms with Gasteiger partial charge in [-0.3, -0.25) is 29.7 Å². The van der Waals surface area contributed by atoms with Gasteiger partial charge in [0, 0.05) is 12.1 Å². The first-order chi connectivity index (χ1) is 16.3. The van der Waals surface area contributed by atoms with Crippen LogP contribution in [0.15, 0.2) is 36.4 Å². The van der Waals surface area contributed by atoms with E-state index in [0.717, 1.165) is 30.2 Å². The highest BCUT2D eigenvalue weighted by molar-refractivity contribution is 5.91. The third-order valence-corrected chi connectivity index (χ3v) is 4.88. The number of nitro groups is 2. The molecule has 35 heavy (non-hydrogen) atoms. The Bertz CT molecular complexity index is 1340. The second-order valence-electron chi connectivity index (χ2n) is 7.59. The number of rotatable bonds is 7. The Morgan fingerprint density at radius 3 is 2.34 bits per heavy atom. The molecule has 1 heterocycles. The average Bonchev–Trinajstić information content (AvgIpc) is 3.07. The summed E-state index contributed by atoms with van der Waals surface area (Å²) >= 11 is 0. The number of anilines is 1. The first-order valence-corrected chi connectivity index (χ1v) is 9.89. The summed E-state index contributed by atoms with van der Waals surface area (Å²) in [7, 11) is 0. The van der Waals surface area contributed by atoms with E-state index >= 15 is 0 Å². The molecule has 0 bridgehead atoms. The molecule has 1 aromatic heterocycles. The van der Waals surface area contributed by atoms with Crippen LogP contribution >= 0.6 is 0 Å². The second kappa shape index (κ2) is 9.40. The molecule has 1 amide bonds. The van der Waals surface area contributed by atoms with E-state index in [1.165, 1.54) is 6.07 Å². The van der Waals surface area contributed by atoms with E-state index in [0.29, 0.717) is 10.4 Å². The van der Waals surface area contributed by atoms with E-state index in [-0.39, 0.29) is 11.4 Å². The highest BCUT2D eigenvalue weighted by atomic mass is 19.4. The molecular formula is C21H18F3N5O6. The minimum Gasteiger partial charge on any atom is -0.457 e. The summed E-state index contributed by atoms with van der Waals surface area (Å²) in [5.74, 6) is -0.451. The van der Waals surface area contributed by atoms with Crippen molar-refractivity contribution in [2.24, 2.45) is 0 Å². The van der Waals surface area contributed by atoms with Crippen LogP contribution in [0.3, 0.4) is 0 Å². The highest BCUT2D eigenvalue weighted by Crippen LogP contribution is 2.37. The van der Waals surface area contributed by atoms with E-state index in [1.54, 1.807) is 19.1 Å². The Hall–Kier alpha value is -4.49. The molecular weight excluding hydrogens is 475 g/mol. The molecule has 0 aliphatic rings. The van der Waals surface area contributed by atoms with Crippen LogP contribution in [0.1, 0.15) is 22.5 Å². The Balaban J connectivity index is 1.89. The van der Waals surface area contributed by atoms with Crippen LogP contribution in [0.5, 0.6) is 11.5 Å². The zero-order valence-electron chi connectivity index (χ0n) is 18.5. The van der Waals surface area contributed by atoms with Crippen LogP contribution in [-0.2, 0) is 17.5 Å². The molecule has 14 heteroatoms. The van der Waals surface area contributed by atoms with Crippen molar-refractivity contribution in [2.75, 3.05) is 5.32 Å². The molecule has 0 radical (unpaired) electrons. The number of amides is 1. The fourth-order valence-electron chi connectivity index (χ4n) is 3.20. The zero-order valence-corrected chi connectivity index (χ0v) is 18.5. The monoisotopic (exact) mass is 493 g/mol. The number of nitro benzene ring substituents is 1. The summed E-state index contributed by atoms with van der Waals surface area (Å²) in [6.45, 7) is 3.82. The highest BCUT2D eigenvalue weighted by Gasteiger charge is 2.44. The van der Waals surface area contributed by atoms with Gasteiger partial charge in [0.05, 0.1) is 21.6 Å². The molecule has 11 nitrogen and oxygen atoms in total. The summed E-state index contributed by atoms with van der Waals surface area (Å²) in [6.07, 6.45) is -5.10. The number of aryl methyl sites for hydroxylation is 2. The van der Waals surface area contributed by atoms with Gasteiger partial charge in [-0.25, -0.2) is 0 Å². The van der Waals surface area contributed by atoms with Gasteiger partial charge in [-0.05, 0) is 38.0 Å². The number of ether oxygens (including phenoxy) is 1. The lowest BCUT2D eigenvalue weighted by atomic mass is 10.1. The van der Waals surface area contributed by atoms with Crippen molar-refractivity contribution in [3.05, 3.63) is 79.1 Å². The summed E-state index contributed by atoms with van der Waals surface area (Å²) in [5.41, 5.74) is -2.31. The van der Waals surface area contributed by atoms with Gasteiger partial charge in [-0.2, -0.15) is 18.3 Å². The number of alkyl halides is 3. The number of carbonyl (C=O) groups excluding carboxylic acids is 1. The molecule has 2 aromatic carbocycles. The van der Waals surface area contributed by atoms with Crippen LogP contribution in [0, 0.1) is 41.0 Å². The van der Waals surface area contributed by atoms with Crippen molar-refractivity contribution in [2.45, 2.75) is 33.5 Å². The Morgan fingerprint density at radius 2 is 1.77 bits per heavy atom. The number of hydrogen-bond donors (Lipinski definition) is 1. The number of carbonyl (C=O) groups is 1. The topological polar surface area (TPSA) is 142 Å². The molecule has 184 valence electrons. The third-order valence-electron chi connectivity index (χ3n) is 4.88. The van der Waals surface area contributed by atoms with Gasteiger partial charge in [0.2, 0.25) is 11.6 Å². The smallest absolute Gasteiger partial charge is 0.442 e. The summed E-state index contributed by atoms with van der Waals surface area (Å²) in [6, 6.07) is 8.85. The molecule has 0 unspecified atom stereocenters. The summed E-state index contributed by atoms with van der Waals surface area (Å²) in [5, 5.41) is 27.9. The van der Waals surface area contributed by atoms with Crippen LogP contribution in [0.4, 0.5) is 30.2 Å². The molecule has 0 atom stereocenters. The Morgan fingerprint density at radius 1 is 1.09 bits per heavy atom.